The van der Waals surface area contributed by atoms with Crippen LogP contribution in [0.2, 0.25) is 0 Å². The lowest BCUT2D eigenvalue weighted by atomic mass is 10.1. The summed E-state index contributed by atoms with van der Waals surface area (Å²) < 4.78 is 2.38. The number of nitrogens with two attached hydrogens (primary N) is 1. The number of rotatable bonds is 5. The zero-order valence-corrected chi connectivity index (χ0v) is 12.8. The van der Waals surface area contributed by atoms with Gasteiger partial charge in [0.25, 0.3) is 5.91 Å². The third-order valence-corrected chi connectivity index (χ3v) is 3.49. The normalized spacial score (nSPS) is 11.0. The minimum Gasteiger partial charge on any atom is -0.364 e. The SMILES string of the molecule is NC(=O)c1nc(Cc2ccccc2)n2c(=O)n(CCCl)nnc12. The van der Waals surface area contributed by atoms with E-state index in [2.05, 4.69) is 15.3 Å². The van der Waals surface area contributed by atoms with Crippen LogP contribution in [0.4, 0.5) is 0 Å². The maximum absolute atomic E-state index is 12.5. The number of alkyl halides is 1. The summed E-state index contributed by atoms with van der Waals surface area (Å²) in [5.74, 6) is -0.167. The summed E-state index contributed by atoms with van der Waals surface area (Å²) in [5, 5.41) is 7.66. The molecule has 3 aromatic rings. The Labute approximate surface area is 135 Å². The van der Waals surface area contributed by atoms with Gasteiger partial charge in [-0.2, -0.15) is 4.68 Å². The first-order chi connectivity index (χ1) is 11.1. The zero-order chi connectivity index (χ0) is 16.4. The van der Waals surface area contributed by atoms with Crippen molar-refractivity contribution in [2.24, 2.45) is 5.73 Å². The van der Waals surface area contributed by atoms with Crippen LogP contribution in [-0.2, 0) is 13.0 Å². The van der Waals surface area contributed by atoms with E-state index >= 15 is 0 Å². The fourth-order valence-corrected chi connectivity index (χ4v) is 2.44. The van der Waals surface area contributed by atoms with Gasteiger partial charge < -0.3 is 5.73 Å². The highest BCUT2D eigenvalue weighted by molar-refractivity contribution is 6.17. The van der Waals surface area contributed by atoms with Crippen LogP contribution in [0.25, 0.3) is 5.65 Å². The molecule has 0 spiro atoms. The van der Waals surface area contributed by atoms with Crippen molar-refractivity contribution in [3.8, 4) is 0 Å². The number of aryl methyl sites for hydroxylation is 1. The third kappa shape index (κ3) is 2.80. The summed E-state index contributed by atoms with van der Waals surface area (Å²) in [6.07, 6.45) is 0.358. The van der Waals surface area contributed by atoms with Crippen molar-refractivity contribution in [1.29, 1.82) is 0 Å². The first-order valence-corrected chi connectivity index (χ1v) is 7.40. The molecular formula is C14H13ClN6O2. The molecule has 0 radical (unpaired) electrons. The number of primary amides is 1. The number of imidazole rings is 1. The topological polar surface area (TPSA) is 108 Å². The summed E-state index contributed by atoms with van der Waals surface area (Å²) in [5.41, 5.74) is 5.79. The van der Waals surface area contributed by atoms with Crippen molar-refractivity contribution in [3.05, 3.63) is 57.9 Å². The lowest BCUT2D eigenvalue weighted by molar-refractivity contribution is 0.0997. The number of carbonyl (C=O) groups excluding carboxylic acids is 1. The molecule has 1 aromatic carbocycles. The van der Waals surface area contributed by atoms with Gasteiger partial charge in [0, 0.05) is 12.3 Å². The standard InChI is InChI=1S/C14H13ClN6O2/c15-6-7-20-14(23)21-10(8-9-4-2-1-3-5-9)17-11(12(16)22)13(21)18-19-20/h1-5H,6-8H2,(H2,16,22). The van der Waals surface area contributed by atoms with Crippen molar-refractivity contribution in [2.45, 2.75) is 13.0 Å². The van der Waals surface area contributed by atoms with Gasteiger partial charge in [-0.25, -0.2) is 14.2 Å². The van der Waals surface area contributed by atoms with E-state index in [1.807, 2.05) is 30.3 Å². The van der Waals surface area contributed by atoms with Crippen molar-refractivity contribution in [2.75, 3.05) is 5.88 Å². The van der Waals surface area contributed by atoms with Gasteiger partial charge >= 0.3 is 5.69 Å². The van der Waals surface area contributed by atoms with Gasteiger partial charge in [-0.3, -0.25) is 4.79 Å². The molecule has 1 amide bonds. The number of carbonyl (C=O) groups is 1. The number of benzene rings is 1. The number of hydrogen-bond donors (Lipinski definition) is 1. The predicted octanol–water partition coefficient (Wildman–Crippen LogP) is 0.214. The Morgan fingerprint density at radius 2 is 2.00 bits per heavy atom. The van der Waals surface area contributed by atoms with Gasteiger partial charge in [0.15, 0.2) is 11.3 Å². The Hall–Kier alpha value is -2.74. The monoisotopic (exact) mass is 332 g/mol. The molecule has 0 fully saturated rings. The fraction of sp³-hybridized carbons (Fsp3) is 0.214. The van der Waals surface area contributed by atoms with E-state index in [0.29, 0.717) is 12.2 Å². The average Bonchev–Trinajstić information content (AvgIpc) is 2.91. The average molecular weight is 333 g/mol. The van der Waals surface area contributed by atoms with Crippen LogP contribution in [0.3, 0.4) is 0 Å². The van der Waals surface area contributed by atoms with E-state index in [1.165, 1.54) is 4.40 Å². The molecule has 23 heavy (non-hydrogen) atoms. The van der Waals surface area contributed by atoms with Crippen LogP contribution >= 0.6 is 11.6 Å². The van der Waals surface area contributed by atoms with Crippen molar-refractivity contribution in [3.63, 3.8) is 0 Å². The van der Waals surface area contributed by atoms with E-state index in [4.69, 9.17) is 17.3 Å². The number of amides is 1. The molecule has 0 unspecified atom stereocenters. The lowest BCUT2D eigenvalue weighted by Gasteiger charge is -2.03. The van der Waals surface area contributed by atoms with Crippen LogP contribution in [0, 0.1) is 0 Å². The molecule has 0 saturated heterocycles. The second-order valence-electron chi connectivity index (χ2n) is 4.85. The maximum atomic E-state index is 12.5. The second-order valence-corrected chi connectivity index (χ2v) is 5.22. The highest BCUT2D eigenvalue weighted by atomic mass is 35.5. The molecule has 2 N–H and O–H groups in total. The van der Waals surface area contributed by atoms with E-state index in [9.17, 15) is 9.59 Å². The number of halogens is 1. The Balaban J connectivity index is 2.21. The number of nitrogens with zero attached hydrogens (tertiary/aromatic N) is 5. The highest BCUT2D eigenvalue weighted by Crippen LogP contribution is 2.12. The van der Waals surface area contributed by atoms with Crippen molar-refractivity contribution < 1.29 is 4.79 Å². The summed E-state index contributed by atoms with van der Waals surface area (Å²) in [6, 6.07) is 9.45. The molecule has 2 aromatic heterocycles. The molecule has 8 nitrogen and oxygen atoms in total. The smallest absolute Gasteiger partial charge is 0.353 e. The molecule has 0 saturated carbocycles. The van der Waals surface area contributed by atoms with Crippen LogP contribution in [0.1, 0.15) is 21.9 Å². The molecule has 0 aliphatic rings. The van der Waals surface area contributed by atoms with Crippen LogP contribution in [0.5, 0.6) is 0 Å². The van der Waals surface area contributed by atoms with Gasteiger partial charge in [0.1, 0.15) is 5.82 Å². The Kier molecular flexibility index (Phi) is 4.07. The fourth-order valence-electron chi connectivity index (χ4n) is 2.28. The van der Waals surface area contributed by atoms with Gasteiger partial charge in [0.05, 0.1) is 6.54 Å². The molecule has 0 bridgehead atoms. The molecular weight excluding hydrogens is 320 g/mol. The molecule has 3 rings (SSSR count). The van der Waals surface area contributed by atoms with E-state index in [1.54, 1.807) is 0 Å². The minimum absolute atomic E-state index is 0.0549. The Bertz CT molecular complexity index is 918. The second kappa shape index (κ2) is 6.17. The summed E-state index contributed by atoms with van der Waals surface area (Å²) in [7, 11) is 0. The van der Waals surface area contributed by atoms with Crippen LogP contribution in [-0.4, -0.2) is 36.2 Å². The molecule has 0 aliphatic carbocycles. The van der Waals surface area contributed by atoms with Crippen molar-refractivity contribution >= 4 is 23.2 Å². The van der Waals surface area contributed by atoms with Gasteiger partial charge in [-0.05, 0) is 5.56 Å². The van der Waals surface area contributed by atoms with E-state index in [0.717, 1.165) is 10.2 Å². The number of fused-ring (bicyclic) bond motifs is 1. The van der Waals surface area contributed by atoms with Gasteiger partial charge in [0.2, 0.25) is 0 Å². The minimum atomic E-state index is -0.759. The number of hydrogen-bond acceptors (Lipinski definition) is 5. The van der Waals surface area contributed by atoms with E-state index < -0.39 is 11.6 Å². The van der Waals surface area contributed by atoms with E-state index in [-0.39, 0.29) is 23.8 Å². The maximum Gasteiger partial charge on any atom is 0.353 e. The molecule has 0 atom stereocenters. The highest BCUT2D eigenvalue weighted by Gasteiger charge is 2.20. The summed E-state index contributed by atoms with van der Waals surface area (Å²) in [4.78, 5) is 28.3. The van der Waals surface area contributed by atoms with Crippen molar-refractivity contribution in [1.82, 2.24) is 24.4 Å². The molecule has 2 heterocycles. The lowest BCUT2D eigenvalue weighted by Crippen LogP contribution is -2.31. The third-order valence-electron chi connectivity index (χ3n) is 3.32. The Morgan fingerprint density at radius 1 is 1.26 bits per heavy atom. The van der Waals surface area contributed by atoms with Gasteiger partial charge in [-0.15, -0.1) is 16.7 Å². The van der Waals surface area contributed by atoms with Crippen LogP contribution in [0.15, 0.2) is 35.1 Å². The first-order valence-electron chi connectivity index (χ1n) is 6.86. The zero-order valence-electron chi connectivity index (χ0n) is 12.0. The molecule has 118 valence electrons. The molecule has 0 aliphatic heterocycles. The summed E-state index contributed by atoms with van der Waals surface area (Å²) in [6.45, 7) is 0.207. The predicted molar refractivity (Wildman–Crippen MR) is 83.5 cm³/mol. The number of aromatic nitrogens is 5. The quantitative estimate of drug-likeness (QED) is 0.672. The molecule has 9 heteroatoms. The van der Waals surface area contributed by atoms with Crippen LogP contribution < -0.4 is 11.4 Å². The summed E-state index contributed by atoms with van der Waals surface area (Å²) >= 11 is 5.66. The first kappa shape index (κ1) is 15.2. The van der Waals surface area contributed by atoms with Gasteiger partial charge in [-0.1, -0.05) is 35.5 Å². The Morgan fingerprint density at radius 3 is 2.65 bits per heavy atom. The largest absolute Gasteiger partial charge is 0.364 e.